The predicted molar refractivity (Wildman–Crippen MR) is 162 cm³/mol. The van der Waals surface area contributed by atoms with Gasteiger partial charge in [-0.05, 0) is 33.1 Å². The van der Waals surface area contributed by atoms with Crippen molar-refractivity contribution in [3.8, 4) is 0 Å². The summed E-state index contributed by atoms with van der Waals surface area (Å²) in [5.41, 5.74) is -0.923. The summed E-state index contributed by atoms with van der Waals surface area (Å²) < 4.78 is 0. The first-order valence-corrected chi connectivity index (χ1v) is 16.3. The lowest BCUT2D eigenvalue weighted by Gasteiger charge is -2.24. The highest BCUT2D eigenvalue weighted by Crippen LogP contribution is 2.30. The Morgan fingerprint density at radius 3 is 2.64 bits per heavy atom. The van der Waals surface area contributed by atoms with Crippen LogP contribution in [0.15, 0.2) is 17.1 Å². The maximum Gasteiger partial charge on any atom is 0.248 e. The molecule has 0 aliphatic carbocycles. The van der Waals surface area contributed by atoms with Crippen molar-refractivity contribution in [3.05, 3.63) is 12.2 Å². The van der Waals surface area contributed by atoms with E-state index in [-0.39, 0.29) is 47.9 Å². The molecule has 2 rings (SSSR count). The Kier molecular flexibility index (Phi) is 15.2. The summed E-state index contributed by atoms with van der Waals surface area (Å²) in [6.07, 6.45) is 11.5. The van der Waals surface area contributed by atoms with Crippen LogP contribution in [0.25, 0.3) is 0 Å². The van der Waals surface area contributed by atoms with Crippen molar-refractivity contribution >= 4 is 51.4 Å². The lowest BCUT2D eigenvalue weighted by molar-refractivity contribution is -0.129. The molecule has 2 aliphatic rings. The van der Waals surface area contributed by atoms with E-state index in [0.717, 1.165) is 24.3 Å². The molecule has 4 atom stereocenters. The summed E-state index contributed by atoms with van der Waals surface area (Å²) in [6, 6.07) is -0.523. The van der Waals surface area contributed by atoms with Gasteiger partial charge < -0.3 is 21.3 Å². The lowest BCUT2D eigenvalue weighted by atomic mass is 10.1. The molecule has 0 fully saturated rings. The fourth-order valence-electron chi connectivity index (χ4n) is 4.34. The number of hydrogen-bond acceptors (Lipinski definition) is 8. The third kappa shape index (κ3) is 12.5. The average molecular weight is 582 g/mol. The molecule has 2 aliphatic heterocycles. The third-order valence-corrected chi connectivity index (χ3v) is 9.05. The molecule has 0 aromatic heterocycles. The quantitative estimate of drug-likeness (QED) is 0.218. The lowest BCUT2D eigenvalue weighted by Crippen LogP contribution is -2.50. The maximum absolute atomic E-state index is 12.9. The molecule has 39 heavy (non-hydrogen) atoms. The molecule has 2 heterocycles. The molecule has 0 aromatic rings. The van der Waals surface area contributed by atoms with Gasteiger partial charge in [-0.3, -0.25) is 24.2 Å². The number of fused-ring (bicyclic) bond motifs is 1. The van der Waals surface area contributed by atoms with Crippen LogP contribution in [0.1, 0.15) is 85.5 Å². The number of unbranched alkanes of at least 4 members (excludes halogenated alkanes) is 4. The van der Waals surface area contributed by atoms with Crippen LogP contribution < -0.4 is 21.3 Å². The van der Waals surface area contributed by atoms with Gasteiger partial charge in [0.1, 0.15) is 5.54 Å². The van der Waals surface area contributed by atoms with E-state index in [0.29, 0.717) is 30.9 Å². The zero-order valence-electron chi connectivity index (χ0n) is 24.0. The monoisotopic (exact) mass is 581 g/mol. The van der Waals surface area contributed by atoms with Gasteiger partial charge in [0.2, 0.25) is 17.7 Å². The van der Waals surface area contributed by atoms with E-state index >= 15 is 0 Å². The van der Waals surface area contributed by atoms with E-state index in [1.165, 1.54) is 31.0 Å². The number of carbonyl (C=O) groups is 4. The van der Waals surface area contributed by atoms with Crippen molar-refractivity contribution in [2.24, 2.45) is 4.99 Å². The van der Waals surface area contributed by atoms with Crippen LogP contribution in [0.4, 0.5) is 0 Å². The third-order valence-electron chi connectivity index (χ3n) is 6.71. The highest BCUT2D eigenvalue weighted by molar-refractivity contribution is 8.14. The summed E-state index contributed by atoms with van der Waals surface area (Å²) in [7, 11) is 0. The summed E-state index contributed by atoms with van der Waals surface area (Å²) in [4.78, 5) is 55.0. The molecule has 11 heteroatoms. The zero-order chi connectivity index (χ0) is 28.7. The van der Waals surface area contributed by atoms with Crippen molar-refractivity contribution < 1.29 is 19.2 Å². The van der Waals surface area contributed by atoms with Crippen molar-refractivity contribution in [1.29, 1.82) is 0 Å². The van der Waals surface area contributed by atoms with Crippen LogP contribution in [0.5, 0.6) is 0 Å². The molecule has 220 valence electrons. The highest BCUT2D eigenvalue weighted by atomic mass is 32.2. The Morgan fingerprint density at radius 2 is 1.90 bits per heavy atom. The molecular formula is C28H47N5O4S2. The van der Waals surface area contributed by atoms with Gasteiger partial charge >= 0.3 is 0 Å². The maximum atomic E-state index is 12.9. The summed E-state index contributed by atoms with van der Waals surface area (Å²) in [5.74, 6) is 0.353. The van der Waals surface area contributed by atoms with Crippen molar-refractivity contribution in [2.75, 3.05) is 24.6 Å². The van der Waals surface area contributed by atoms with E-state index in [1.807, 2.05) is 13.0 Å². The van der Waals surface area contributed by atoms with Crippen molar-refractivity contribution in [2.45, 2.75) is 109 Å². The fraction of sp³-hybridized carbons (Fsp3) is 0.750. The largest absolute Gasteiger partial charge is 0.354 e. The van der Waals surface area contributed by atoms with Gasteiger partial charge in [0.15, 0.2) is 5.12 Å². The molecule has 9 nitrogen and oxygen atoms in total. The minimum absolute atomic E-state index is 0.000535. The van der Waals surface area contributed by atoms with Gasteiger partial charge in [0.25, 0.3) is 0 Å². The first-order valence-electron chi connectivity index (χ1n) is 14.3. The molecule has 0 saturated carbocycles. The second-order valence-electron chi connectivity index (χ2n) is 10.5. The fourth-order valence-corrected chi connectivity index (χ4v) is 6.44. The SMILES string of the molecule is CCCCCCCC(=O)SCC/C=C/C1CC(=O)NCC(C)NC(CC)C2=NC(C)(CS2)C(=O)NCC(=O)N1. The van der Waals surface area contributed by atoms with Crippen molar-refractivity contribution in [3.63, 3.8) is 0 Å². The number of amides is 3. The Bertz CT molecular complexity index is 897. The number of rotatable bonds is 11. The van der Waals surface area contributed by atoms with Crippen LogP contribution >= 0.6 is 23.5 Å². The molecule has 0 radical (unpaired) electrons. The first-order chi connectivity index (χ1) is 18.7. The zero-order valence-corrected chi connectivity index (χ0v) is 25.6. The molecule has 4 N–H and O–H groups in total. The van der Waals surface area contributed by atoms with Gasteiger partial charge in [-0.2, -0.15) is 0 Å². The molecule has 0 saturated heterocycles. The number of hydrogen-bond donors (Lipinski definition) is 4. The number of carbonyl (C=O) groups excluding carboxylic acids is 4. The topological polar surface area (TPSA) is 129 Å². The number of nitrogens with zero attached hydrogens (tertiary/aromatic N) is 1. The summed E-state index contributed by atoms with van der Waals surface area (Å²) in [5, 5.41) is 13.1. The van der Waals surface area contributed by atoms with Gasteiger partial charge in [0.05, 0.1) is 30.1 Å². The summed E-state index contributed by atoms with van der Waals surface area (Å²) >= 11 is 2.90. The minimum Gasteiger partial charge on any atom is -0.354 e. The van der Waals surface area contributed by atoms with Gasteiger partial charge in [-0.1, -0.05) is 63.4 Å². The first kappa shape index (κ1) is 33.4. The van der Waals surface area contributed by atoms with E-state index in [4.69, 9.17) is 4.99 Å². The van der Waals surface area contributed by atoms with E-state index < -0.39 is 11.6 Å². The predicted octanol–water partition coefficient (Wildman–Crippen LogP) is 3.33. The highest BCUT2D eigenvalue weighted by Gasteiger charge is 2.40. The summed E-state index contributed by atoms with van der Waals surface area (Å²) in [6.45, 7) is 8.28. The number of nitrogens with one attached hydrogen (secondary N) is 4. The van der Waals surface area contributed by atoms with Crippen molar-refractivity contribution in [1.82, 2.24) is 21.3 Å². The minimum atomic E-state index is -0.923. The van der Waals surface area contributed by atoms with Gasteiger partial charge in [-0.25, -0.2) is 0 Å². The second-order valence-corrected chi connectivity index (χ2v) is 12.7. The normalized spacial score (nSPS) is 27.1. The van der Waals surface area contributed by atoms with E-state index in [2.05, 4.69) is 35.1 Å². The standard InChI is InChI=1S/C28H47N5O4S2/c1-5-7-8-9-10-14-25(36)38-15-12-11-13-21-16-23(34)29-17-20(3)31-22(6-2)26-33-28(4,19-39-26)27(37)30-18-24(35)32-21/h11,13,20-22,31H,5-10,12,14-19H2,1-4H3,(H,29,34)(H,30,37)(H,32,35)/b13-11+. The van der Waals surface area contributed by atoms with E-state index in [1.54, 1.807) is 24.8 Å². The van der Waals surface area contributed by atoms with Gasteiger partial charge in [-0.15, -0.1) is 11.8 Å². The smallest absolute Gasteiger partial charge is 0.248 e. The average Bonchev–Trinajstić information content (AvgIpc) is 3.31. The molecule has 0 spiro atoms. The Balaban J connectivity index is 1.94. The van der Waals surface area contributed by atoms with Gasteiger partial charge in [0, 0.05) is 30.5 Å². The molecule has 0 aromatic carbocycles. The Morgan fingerprint density at radius 1 is 1.13 bits per heavy atom. The number of allylic oxidation sites excluding steroid dienone is 1. The van der Waals surface area contributed by atoms with Crippen LogP contribution in [0.2, 0.25) is 0 Å². The Hall–Kier alpha value is -1.85. The van der Waals surface area contributed by atoms with Crippen LogP contribution in [-0.4, -0.2) is 76.1 Å². The van der Waals surface area contributed by atoms with Crippen LogP contribution in [-0.2, 0) is 19.2 Å². The van der Waals surface area contributed by atoms with E-state index in [9.17, 15) is 19.2 Å². The molecular weight excluding hydrogens is 534 g/mol. The molecule has 4 unspecified atom stereocenters. The van der Waals surface area contributed by atoms with Crippen LogP contribution in [0.3, 0.4) is 0 Å². The molecule has 3 amide bonds. The second kappa shape index (κ2) is 17.8. The number of thioether (sulfide) groups is 2. The Labute approximate surface area is 242 Å². The molecule has 2 bridgehead atoms. The van der Waals surface area contributed by atoms with Crippen LogP contribution in [0, 0.1) is 0 Å². The number of aliphatic imine (C=N–C) groups is 1.